The lowest BCUT2D eigenvalue weighted by molar-refractivity contribution is -0.384. The molecule has 0 aliphatic heterocycles. The molecule has 0 bridgehead atoms. The van der Waals surface area contributed by atoms with Crippen LogP contribution < -0.4 is 11.1 Å². The number of nitrogens with one attached hydrogen (secondary N) is 1. The third-order valence-corrected chi connectivity index (χ3v) is 2.50. The second kappa shape index (κ2) is 5.22. The Balaban J connectivity index is 2.19. The number of nitro groups is 1. The summed E-state index contributed by atoms with van der Waals surface area (Å²) in [6, 6.07) is 8.64. The number of nitrogens with zero attached hydrogens (tertiary/aromatic N) is 2. The fourth-order valence-corrected chi connectivity index (χ4v) is 1.54. The topological polar surface area (TPSA) is 131 Å². The van der Waals surface area contributed by atoms with E-state index < -0.39 is 10.9 Å². The lowest BCUT2D eigenvalue weighted by Crippen LogP contribution is -2.02. The number of pyridine rings is 1. The smallest absolute Gasteiger partial charge is 0.335 e. The van der Waals surface area contributed by atoms with Gasteiger partial charge in [-0.25, -0.2) is 9.78 Å². The van der Waals surface area contributed by atoms with Gasteiger partial charge < -0.3 is 16.2 Å². The average molecular weight is 274 g/mol. The van der Waals surface area contributed by atoms with Crippen LogP contribution in [0.15, 0.2) is 36.4 Å². The molecular formula is C12H10N4O4. The van der Waals surface area contributed by atoms with Crippen molar-refractivity contribution in [3.05, 3.63) is 52.1 Å². The number of aromatic carboxylic acids is 1. The van der Waals surface area contributed by atoms with E-state index in [4.69, 9.17) is 10.8 Å². The molecule has 0 spiro atoms. The number of nitrogen functional groups attached to an aromatic ring is 1. The van der Waals surface area contributed by atoms with Crippen LogP contribution in [0.3, 0.4) is 0 Å². The van der Waals surface area contributed by atoms with Gasteiger partial charge in [-0.3, -0.25) is 10.1 Å². The molecule has 8 nitrogen and oxygen atoms in total. The highest BCUT2D eigenvalue weighted by Gasteiger charge is 2.12. The largest absolute Gasteiger partial charge is 0.478 e. The predicted molar refractivity (Wildman–Crippen MR) is 72.0 cm³/mol. The van der Waals surface area contributed by atoms with Gasteiger partial charge in [0.05, 0.1) is 10.5 Å². The van der Waals surface area contributed by atoms with Gasteiger partial charge in [0.1, 0.15) is 5.82 Å². The standard InChI is InChI=1S/C12H10N4O4/c13-11-9(16(19)20)5-6-10(15-11)14-8-3-1-7(2-4-8)12(17)18/h1-6H,(H,17,18)(H3,13,14,15). The number of benzene rings is 1. The summed E-state index contributed by atoms with van der Waals surface area (Å²) in [5.74, 6) is -0.882. The zero-order valence-corrected chi connectivity index (χ0v) is 10.1. The third kappa shape index (κ3) is 2.80. The molecular weight excluding hydrogens is 264 g/mol. The van der Waals surface area contributed by atoms with Crippen LogP contribution in [0.2, 0.25) is 0 Å². The minimum absolute atomic E-state index is 0.159. The molecule has 0 fully saturated rings. The fraction of sp³-hybridized carbons (Fsp3) is 0. The Morgan fingerprint density at radius 3 is 2.40 bits per heavy atom. The molecule has 0 unspecified atom stereocenters. The van der Waals surface area contributed by atoms with Crippen LogP contribution in [0.4, 0.5) is 23.0 Å². The third-order valence-electron chi connectivity index (χ3n) is 2.50. The molecule has 8 heteroatoms. The summed E-state index contributed by atoms with van der Waals surface area (Å²) in [5, 5.41) is 22.2. The number of carboxylic acids is 1. The van der Waals surface area contributed by atoms with E-state index in [1.165, 1.54) is 24.3 Å². The number of hydrogen-bond donors (Lipinski definition) is 3. The number of carboxylic acid groups (broad SMARTS) is 1. The van der Waals surface area contributed by atoms with Gasteiger partial charge >= 0.3 is 11.7 Å². The van der Waals surface area contributed by atoms with Gasteiger partial charge in [-0.2, -0.15) is 0 Å². The first-order valence-corrected chi connectivity index (χ1v) is 5.48. The second-order valence-corrected chi connectivity index (χ2v) is 3.87. The van der Waals surface area contributed by atoms with Crippen LogP contribution in [-0.4, -0.2) is 21.0 Å². The van der Waals surface area contributed by atoms with Crippen LogP contribution in [0.5, 0.6) is 0 Å². The molecule has 0 amide bonds. The van der Waals surface area contributed by atoms with Crippen LogP contribution in [-0.2, 0) is 0 Å². The lowest BCUT2D eigenvalue weighted by atomic mass is 10.2. The first kappa shape index (κ1) is 13.3. The Bertz CT molecular complexity index is 670. The van der Waals surface area contributed by atoms with E-state index in [0.717, 1.165) is 0 Å². The summed E-state index contributed by atoms with van der Waals surface area (Å²) in [5.41, 5.74) is 5.95. The van der Waals surface area contributed by atoms with Gasteiger partial charge in [-0.05, 0) is 30.3 Å². The van der Waals surface area contributed by atoms with Gasteiger partial charge in [0, 0.05) is 11.8 Å². The molecule has 1 heterocycles. The van der Waals surface area contributed by atoms with Crippen molar-refractivity contribution in [3.8, 4) is 0 Å². The average Bonchev–Trinajstić information content (AvgIpc) is 2.39. The Morgan fingerprint density at radius 2 is 1.90 bits per heavy atom. The van der Waals surface area contributed by atoms with E-state index in [1.807, 2.05) is 0 Å². The van der Waals surface area contributed by atoms with Crippen molar-refractivity contribution in [3.63, 3.8) is 0 Å². The summed E-state index contributed by atoms with van der Waals surface area (Å²) in [7, 11) is 0. The number of rotatable bonds is 4. The second-order valence-electron chi connectivity index (χ2n) is 3.87. The highest BCUT2D eigenvalue weighted by Crippen LogP contribution is 2.23. The highest BCUT2D eigenvalue weighted by molar-refractivity contribution is 5.88. The molecule has 0 aliphatic carbocycles. The first-order valence-electron chi connectivity index (χ1n) is 5.48. The minimum atomic E-state index is -1.02. The molecule has 1 aromatic heterocycles. The molecule has 0 atom stereocenters. The summed E-state index contributed by atoms with van der Waals surface area (Å²) >= 11 is 0. The molecule has 1 aromatic carbocycles. The number of anilines is 3. The van der Waals surface area contributed by atoms with E-state index in [0.29, 0.717) is 11.5 Å². The predicted octanol–water partition coefficient (Wildman–Crippen LogP) is 2.01. The van der Waals surface area contributed by atoms with Gasteiger partial charge in [0.25, 0.3) is 0 Å². The van der Waals surface area contributed by atoms with Gasteiger partial charge in [0.15, 0.2) is 0 Å². The summed E-state index contributed by atoms with van der Waals surface area (Å²) in [4.78, 5) is 24.5. The van der Waals surface area contributed by atoms with Crippen molar-refractivity contribution in [2.45, 2.75) is 0 Å². The Morgan fingerprint density at radius 1 is 1.25 bits per heavy atom. The first-order chi connectivity index (χ1) is 9.47. The lowest BCUT2D eigenvalue weighted by Gasteiger charge is -2.06. The van der Waals surface area contributed by atoms with Crippen molar-refractivity contribution in [1.82, 2.24) is 4.98 Å². The van der Waals surface area contributed by atoms with Gasteiger partial charge in [0.2, 0.25) is 5.82 Å². The maximum absolute atomic E-state index is 10.7. The molecule has 2 rings (SSSR count). The molecule has 0 saturated carbocycles. The Kier molecular flexibility index (Phi) is 3.47. The van der Waals surface area contributed by atoms with E-state index in [2.05, 4.69) is 10.3 Å². The van der Waals surface area contributed by atoms with Crippen molar-refractivity contribution in [2.75, 3.05) is 11.1 Å². The zero-order valence-electron chi connectivity index (χ0n) is 10.1. The molecule has 102 valence electrons. The number of hydrogen-bond acceptors (Lipinski definition) is 6. The quantitative estimate of drug-likeness (QED) is 0.573. The molecule has 0 radical (unpaired) electrons. The van der Waals surface area contributed by atoms with Crippen LogP contribution >= 0.6 is 0 Å². The minimum Gasteiger partial charge on any atom is -0.478 e. The highest BCUT2D eigenvalue weighted by atomic mass is 16.6. The molecule has 2 aromatic rings. The fourth-order valence-electron chi connectivity index (χ4n) is 1.54. The summed E-state index contributed by atoms with van der Waals surface area (Å²) in [6.07, 6.45) is 0. The van der Waals surface area contributed by atoms with E-state index in [9.17, 15) is 14.9 Å². The Labute approximate surface area is 113 Å². The molecule has 0 aliphatic rings. The number of nitrogens with two attached hydrogens (primary N) is 1. The summed E-state index contributed by atoms with van der Waals surface area (Å²) < 4.78 is 0. The molecule has 4 N–H and O–H groups in total. The van der Waals surface area contributed by atoms with Gasteiger partial charge in [-0.15, -0.1) is 0 Å². The normalized spacial score (nSPS) is 10.0. The number of aromatic nitrogens is 1. The molecule has 0 saturated heterocycles. The van der Waals surface area contributed by atoms with Crippen LogP contribution in [0, 0.1) is 10.1 Å². The maximum atomic E-state index is 10.7. The Hall–Kier alpha value is -3.16. The molecule has 20 heavy (non-hydrogen) atoms. The van der Waals surface area contributed by atoms with Crippen LogP contribution in [0.1, 0.15) is 10.4 Å². The van der Waals surface area contributed by atoms with Crippen LogP contribution in [0.25, 0.3) is 0 Å². The van der Waals surface area contributed by atoms with Crippen molar-refractivity contribution in [1.29, 1.82) is 0 Å². The SMILES string of the molecule is Nc1nc(Nc2ccc(C(=O)O)cc2)ccc1[N+](=O)[O-]. The van der Waals surface area contributed by atoms with E-state index in [-0.39, 0.29) is 17.1 Å². The van der Waals surface area contributed by atoms with Crippen molar-refractivity contribution in [2.24, 2.45) is 0 Å². The zero-order chi connectivity index (χ0) is 14.7. The van der Waals surface area contributed by atoms with Crippen molar-refractivity contribution < 1.29 is 14.8 Å². The monoisotopic (exact) mass is 274 g/mol. The van der Waals surface area contributed by atoms with E-state index in [1.54, 1.807) is 12.1 Å². The van der Waals surface area contributed by atoms with Crippen molar-refractivity contribution >= 4 is 29.0 Å². The maximum Gasteiger partial charge on any atom is 0.335 e. The summed E-state index contributed by atoms with van der Waals surface area (Å²) in [6.45, 7) is 0. The number of carbonyl (C=O) groups is 1. The van der Waals surface area contributed by atoms with E-state index >= 15 is 0 Å². The van der Waals surface area contributed by atoms with Gasteiger partial charge in [-0.1, -0.05) is 0 Å².